The second kappa shape index (κ2) is 13.2. The van der Waals surface area contributed by atoms with Gasteiger partial charge in [-0.1, -0.05) is 50.1 Å². The summed E-state index contributed by atoms with van der Waals surface area (Å²) in [7, 11) is -1.68. The van der Waals surface area contributed by atoms with Crippen LogP contribution >= 0.6 is 31.9 Å². The van der Waals surface area contributed by atoms with Gasteiger partial charge in [-0.3, -0.25) is 0 Å². The normalized spacial score (nSPS) is 11.1. The Balaban J connectivity index is 0.000000695. The Morgan fingerprint density at radius 1 is 0.649 bits per heavy atom. The monoisotopic (exact) mass is 650 g/mol. The molecule has 0 aliphatic rings. The molecule has 4 rings (SSSR count). The molecule has 0 bridgehead atoms. The van der Waals surface area contributed by atoms with Gasteiger partial charge in [0.2, 0.25) is 0 Å². The average molecular weight is 653 g/mol. The maximum atomic E-state index is 8.49. The van der Waals surface area contributed by atoms with Crippen LogP contribution in [0.2, 0.25) is 0 Å². The van der Waals surface area contributed by atoms with E-state index in [4.69, 9.17) is 32.5 Å². The zero-order valence-electron chi connectivity index (χ0n) is 19.7. The third-order valence-electron chi connectivity index (χ3n) is 4.97. The molecule has 192 valence electrons. The van der Waals surface area contributed by atoms with Crippen LogP contribution in [0, 0.1) is 10.2 Å². The van der Waals surface area contributed by atoms with Crippen LogP contribution in [0.25, 0.3) is 34.6 Å². The summed E-state index contributed by atoms with van der Waals surface area (Å²) in [5.74, 6) is 2.93. The summed E-state index contributed by atoms with van der Waals surface area (Å²) < 4.78 is 53.0. The fraction of sp³-hybridized carbons (Fsp3) is 0.0741. The first kappa shape index (κ1) is 28.8. The lowest BCUT2D eigenvalue weighted by Crippen LogP contribution is -2.68. The summed E-state index contributed by atoms with van der Waals surface area (Å²) in [6.07, 6.45) is 3.96. The average Bonchev–Trinajstić information content (AvgIpc) is 2.87. The van der Waals surface area contributed by atoms with Crippen LogP contribution in [0.4, 0.5) is 0 Å². The molecule has 7 nitrogen and oxygen atoms in total. The first-order valence-corrected chi connectivity index (χ1v) is 13.4. The maximum Gasteiger partial charge on any atom is 0.361 e. The molecular formula is C27H21Br2ClO7. The smallest absolute Gasteiger partial charge is 0.361 e. The molecular weight excluding hydrogens is 632 g/mol. The van der Waals surface area contributed by atoms with Crippen molar-refractivity contribution in [1.82, 2.24) is 0 Å². The fourth-order valence-electron chi connectivity index (χ4n) is 3.30. The Hall–Kier alpha value is -2.76. The lowest BCUT2D eigenvalue weighted by molar-refractivity contribution is -2.00. The molecule has 0 saturated carbocycles. The predicted octanol–water partition coefficient (Wildman–Crippen LogP) is 3.85. The molecule has 0 unspecified atom stereocenters. The lowest BCUT2D eigenvalue weighted by Gasteiger charge is -2.17. The largest absolute Gasteiger partial charge is 0.493 e. The Morgan fingerprint density at radius 3 is 1.73 bits per heavy atom. The van der Waals surface area contributed by atoms with Crippen LogP contribution in [-0.2, 0) is 0 Å². The summed E-state index contributed by atoms with van der Waals surface area (Å²) in [5, 5.41) is 0. The third-order valence-corrected chi connectivity index (χ3v) is 6.02. The molecule has 0 aliphatic carbocycles. The van der Waals surface area contributed by atoms with E-state index < -0.39 is 10.2 Å². The number of hydrogen-bond donors (Lipinski definition) is 0. The minimum absolute atomic E-state index is 0.686. The van der Waals surface area contributed by atoms with Crippen LogP contribution in [-0.4, -0.2) is 14.2 Å². The number of halogens is 3. The second-order valence-electron chi connectivity index (χ2n) is 7.45. The molecule has 0 aliphatic heterocycles. The highest BCUT2D eigenvalue weighted by atomic mass is 79.9. The summed E-state index contributed by atoms with van der Waals surface area (Å²) in [5.41, 5.74) is 4.18. The number of methoxy groups -OCH3 is 2. The van der Waals surface area contributed by atoms with Crippen molar-refractivity contribution in [3.63, 3.8) is 0 Å². The van der Waals surface area contributed by atoms with E-state index in [9.17, 15) is 0 Å². The van der Waals surface area contributed by atoms with Crippen molar-refractivity contribution in [2.75, 3.05) is 14.2 Å². The molecule has 37 heavy (non-hydrogen) atoms. The van der Waals surface area contributed by atoms with Crippen LogP contribution in [0.3, 0.4) is 0 Å². The van der Waals surface area contributed by atoms with E-state index in [1.807, 2.05) is 72.8 Å². The maximum absolute atomic E-state index is 8.49. The Morgan fingerprint density at radius 2 is 1.19 bits per heavy atom. The van der Waals surface area contributed by atoms with Gasteiger partial charge in [-0.2, -0.15) is 0 Å². The van der Waals surface area contributed by atoms with E-state index in [0.29, 0.717) is 11.5 Å². The van der Waals surface area contributed by atoms with E-state index in [-0.39, 0.29) is 0 Å². The summed E-state index contributed by atoms with van der Waals surface area (Å²) >= 11 is 7.01. The third kappa shape index (κ3) is 9.24. The molecule has 3 aromatic carbocycles. The van der Waals surface area contributed by atoms with Crippen molar-refractivity contribution in [1.29, 1.82) is 0 Å². The zero-order valence-corrected chi connectivity index (χ0v) is 23.6. The predicted molar refractivity (Wildman–Crippen MR) is 138 cm³/mol. The summed E-state index contributed by atoms with van der Waals surface area (Å²) in [4.78, 5) is 0. The molecule has 0 fully saturated rings. The first-order chi connectivity index (χ1) is 17.6. The number of hydrogen-bond acceptors (Lipinski definition) is 6. The van der Waals surface area contributed by atoms with Gasteiger partial charge in [0.25, 0.3) is 0 Å². The quantitative estimate of drug-likeness (QED) is 0.290. The Bertz CT molecular complexity index is 1280. The van der Waals surface area contributed by atoms with Gasteiger partial charge in [-0.05, 0) is 65.7 Å². The molecule has 0 atom stereocenters. The van der Waals surface area contributed by atoms with Crippen molar-refractivity contribution in [3.8, 4) is 33.9 Å². The van der Waals surface area contributed by atoms with Gasteiger partial charge >= 0.3 is 11.5 Å². The number of ether oxygens (including phenoxy) is 2. The number of rotatable bonds is 6. The van der Waals surface area contributed by atoms with Crippen LogP contribution in [0.5, 0.6) is 11.5 Å². The van der Waals surface area contributed by atoms with E-state index in [1.54, 1.807) is 14.2 Å². The molecule has 0 N–H and O–H groups in total. The Labute approximate surface area is 233 Å². The van der Waals surface area contributed by atoms with E-state index in [2.05, 4.69) is 50.1 Å². The molecule has 0 radical (unpaired) electrons. The van der Waals surface area contributed by atoms with Gasteiger partial charge in [0, 0.05) is 20.6 Å². The molecule has 4 aromatic rings. The second-order valence-corrected chi connectivity index (χ2v) is 10.0. The van der Waals surface area contributed by atoms with Crippen molar-refractivity contribution in [2.45, 2.75) is 0 Å². The van der Waals surface area contributed by atoms with Gasteiger partial charge < -0.3 is 9.47 Å². The molecule has 10 heteroatoms. The highest BCUT2D eigenvalue weighted by molar-refractivity contribution is 9.10. The van der Waals surface area contributed by atoms with Crippen molar-refractivity contribution in [2.24, 2.45) is 0 Å². The van der Waals surface area contributed by atoms with E-state index >= 15 is 0 Å². The topological polar surface area (TPSA) is 122 Å². The summed E-state index contributed by atoms with van der Waals surface area (Å²) in [6, 6.07) is 26.3. The van der Waals surface area contributed by atoms with Crippen molar-refractivity contribution in [3.05, 3.63) is 99.1 Å². The van der Waals surface area contributed by atoms with Crippen LogP contribution < -0.4 is 28.1 Å². The fourth-order valence-corrected chi connectivity index (χ4v) is 3.83. The zero-order chi connectivity index (χ0) is 27.0. The van der Waals surface area contributed by atoms with Gasteiger partial charge in [-0.15, -0.1) is 10.2 Å². The van der Waals surface area contributed by atoms with E-state index in [1.165, 1.54) is 0 Å². The van der Waals surface area contributed by atoms with Gasteiger partial charge in [0.15, 0.2) is 11.5 Å². The molecule has 1 heterocycles. The first-order valence-electron chi connectivity index (χ1n) is 10.6. The van der Waals surface area contributed by atoms with Crippen molar-refractivity contribution >= 4 is 44.0 Å². The standard InChI is InChI=1S/C27H21Br2O3.ClHO4/c1-30-25-14-4-18(15-27(25)31-2)3-13-24-16-21(19-5-9-22(28)10-6-19)17-26(32-24)20-7-11-23(29)12-8-20;2-1(3,4)5/h3-17H,1-2H3;(H,2,3,4,5)/q+1;/p-1/b13-3+;. The molecule has 1 aromatic heterocycles. The minimum atomic E-state index is -4.94. The summed E-state index contributed by atoms with van der Waals surface area (Å²) in [6.45, 7) is 0. The SMILES string of the molecule is COc1ccc(/C=C/c2cc(-c3ccc(Br)cc3)cc(-c3ccc(Br)cc3)[o+]2)cc1OC.[O-][Cl+3]([O-])([O-])[O-]. The highest BCUT2D eigenvalue weighted by Gasteiger charge is 2.17. The van der Waals surface area contributed by atoms with Gasteiger partial charge in [-0.25, -0.2) is 23.1 Å². The Kier molecular flexibility index (Phi) is 10.2. The van der Waals surface area contributed by atoms with Crippen LogP contribution in [0.15, 0.2) is 92.2 Å². The lowest BCUT2D eigenvalue weighted by atomic mass is 10.0. The van der Waals surface area contributed by atoms with Crippen LogP contribution in [0.1, 0.15) is 11.3 Å². The minimum Gasteiger partial charge on any atom is -0.493 e. The molecule has 0 saturated heterocycles. The molecule has 0 amide bonds. The highest BCUT2D eigenvalue weighted by Crippen LogP contribution is 2.32. The van der Waals surface area contributed by atoms with Crippen molar-refractivity contribution < 1.29 is 42.8 Å². The number of benzene rings is 3. The van der Waals surface area contributed by atoms with Gasteiger partial charge in [0.05, 0.1) is 31.9 Å². The van der Waals surface area contributed by atoms with E-state index in [0.717, 1.165) is 42.7 Å². The van der Waals surface area contributed by atoms with Gasteiger partial charge in [0.1, 0.15) is 0 Å². The molecule has 0 spiro atoms.